The number of furan rings is 1. The van der Waals surface area contributed by atoms with Gasteiger partial charge in [-0.05, 0) is 47.2 Å². The van der Waals surface area contributed by atoms with Crippen LogP contribution in [0.5, 0.6) is 11.5 Å². The molecule has 0 unspecified atom stereocenters. The summed E-state index contributed by atoms with van der Waals surface area (Å²) in [7, 11) is 3.29. The highest BCUT2D eigenvalue weighted by molar-refractivity contribution is 6.21. The largest absolute Gasteiger partial charge is 0.497 e. The summed E-state index contributed by atoms with van der Waals surface area (Å²) in [5.74, 6) is 2.17. The highest BCUT2D eigenvalue weighted by atomic mass is 16.5. The van der Waals surface area contributed by atoms with E-state index in [1.54, 1.807) is 14.2 Å². The minimum atomic E-state index is 0.489. The van der Waals surface area contributed by atoms with Crippen molar-refractivity contribution in [3.05, 3.63) is 84.6 Å². The van der Waals surface area contributed by atoms with E-state index in [-0.39, 0.29) is 0 Å². The number of carbonyl (C=O) groups excluding carboxylic acids is 1. The molecule has 2 heterocycles. The summed E-state index contributed by atoms with van der Waals surface area (Å²) in [6.45, 7) is 0. The van der Waals surface area contributed by atoms with Crippen molar-refractivity contribution in [1.29, 1.82) is 0 Å². The predicted octanol–water partition coefficient (Wildman–Crippen LogP) is 7.23. The highest BCUT2D eigenvalue weighted by Crippen LogP contribution is 2.47. The average molecular weight is 447 g/mol. The van der Waals surface area contributed by atoms with Crippen LogP contribution in [0.3, 0.4) is 0 Å². The zero-order chi connectivity index (χ0) is 23.2. The van der Waals surface area contributed by atoms with Crippen LogP contribution in [-0.2, 0) is 0 Å². The number of methoxy groups -OCH3 is 2. The molecule has 2 aromatic heterocycles. The van der Waals surface area contributed by atoms with Crippen molar-refractivity contribution in [2.45, 2.75) is 0 Å². The zero-order valence-electron chi connectivity index (χ0n) is 18.7. The summed E-state index contributed by atoms with van der Waals surface area (Å²) in [5, 5.41) is 3.87. The second-order valence-corrected chi connectivity index (χ2v) is 8.14. The molecule has 6 aromatic rings. The van der Waals surface area contributed by atoms with Crippen LogP contribution < -0.4 is 9.47 Å². The molecule has 6 rings (SSSR count). The summed E-state index contributed by atoms with van der Waals surface area (Å²) >= 11 is 0. The molecule has 0 amide bonds. The van der Waals surface area contributed by atoms with E-state index in [1.807, 2.05) is 78.9 Å². The number of fused-ring (bicyclic) bond motifs is 4. The zero-order valence-corrected chi connectivity index (χ0v) is 18.7. The summed E-state index contributed by atoms with van der Waals surface area (Å²) in [4.78, 5) is 15.6. The number of hydrogen-bond donors (Lipinski definition) is 1. The normalized spacial score (nSPS) is 11.4. The third-order valence-electron chi connectivity index (χ3n) is 6.32. The Morgan fingerprint density at radius 1 is 0.794 bits per heavy atom. The predicted molar refractivity (Wildman–Crippen MR) is 135 cm³/mol. The first-order valence-corrected chi connectivity index (χ1v) is 11.0. The van der Waals surface area contributed by atoms with E-state index in [1.165, 1.54) is 0 Å². The molecule has 34 heavy (non-hydrogen) atoms. The van der Waals surface area contributed by atoms with Gasteiger partial charge in [-0.25, -0.2) is 0 Å². The molecule has 0 atom stereocenters. The summed E-state index contributed by atoms with van der Waals surface area (Å²) in [5.41, 5.74) is 4.66. The fourth-order valence-electron chi connectivity index (χ4n) is 4.73. The molecule has 1 N–H and O–H groups in total. The molecule has 4 aromatic carbocycles. The lowest BCUT2D eigenvalue weighted by Crippen LogP contribution is -1.88. The number of H-pyrrole nitrogens is 1. The van der Waals surface area contributed by atoms with Crippen LogP contribution in [0.1, 0.15) is 10.5 Å². The number of ether oxygens (including phenoxy) is 2. The molecule has 0 aliphatic heterocycles. The number of nitrogens with one attached hydrogen (secondary N) is 1. The monoisotopic (exact) mass is 447 g/mol. The fourth-order valence-corrected chi connectivity index (χ4v) is 4.73. The topological polar surface area (TPSA) is 64.5 Å². The SMILES string of the molecule is COc1ccc2[nH]c(C=O)c(-c3c(-c4ccccc4)oc4ccc5ccc(OC)cc5c34)c2c1. The van der Waals surface area contributed by atoms with Crippen molar-refractivity contribution < 1.29 is 18.7 Å². The molecule has 0 fully saturated rings. The van der Waals surface area contributed by atoms with E-state index >= 15 is 0 Å². The van der Waals surface area contributed by atoms with E-state index in [2.05, 4.69) is 4.98 Å². The van der Waals surface area contributed by atoms with Crippen LogP contribution >= 0.6 is 0 Å². The van der Waals surface area contributed by atoms with Crippen molar-refractivity contribution in [3.8, 4) is 33.9 Å². The first-order chi connectivity index (χ1) is 16.7. The van der Waals surface area contributed by atoms with Gasteiger partial charge in [-0.3, -0.25) is 4.79 Å². The van der Waals surface area contributed by atoms with Gasteiger partial charge in [0.15, 0.2) is 6.29 Å². The van der Waals surface area contributed by atoms with Crippen LogP contribution in [0, 0.1) is 0 Å². The van der Waals surface area contributed by atoms with Crippen LogP contribution in [-0.4, -0.2) is 25.5 Å². The Bertz CT molecular complexity index is 1690. The standard InChI is InChI=1S/C29H21NO4/c1-32-19-10-8-17-9-13-25-27(21(17)14-19)28(29(34-25)18-6-4-3-5-7-18)26-22-15-20(33-2)11-12-23(22)30-24(26)16-31/h3-16,30H,1-2H3. The molecule has 5 nitrogen and oxygen atoms in total. The Labute approximate surface area is 195 Å². The molecule has 5 heteroatoms. The number of aromatic nitrogens is 1. The Kier molecular flexibility index (Phi) is 4.62. The van der Waals surface area contributed by atoms with Gasteiger partial charge in [-0.2, -0.15) is 0 Å². The van der Waals surface area contributed by atoms with Gasteiger partial charge in [-0.1, -0.05) is 42.5 Å². The van der Waals surface area contributed by atoms with Gasteiger partial charge in [0.05, 0.1) is 19.9 Å². The van der Waals surface area contributed by atoms with Crippen LogP contribution in [0.25, 0.3) is 55.1 Å². The fraction of sp³-hybridized carbons (Fsp3) is 0.0690. The summed E-state index contributed by atoms with van der Waals surface area (Å²) in [6.07, 6.45) is 0.862. The Balaban J connectivity index is 1.83. The van der Waals surface area contributed by atoms with E-state index in [4.69, 9.17) is 13.9 Å². The van der Waals surface area contributed by atoms with Gasteiger partial charge in [0.2, 0.25) is 0 Å². The Morgan fingerprint density at radius 3 is 2.24 bits per heavy atom. The quantitative estimate of drug-likeness (QED) is 0.283. The second-order valence-electron chi connectivity index (χ2n) is 8.14. The highest BCUT2D eigenvalue weighted by Gasteiger charge is 2.25. The van der Waals surface area contributed by atoms with Gasteiger partial charge in [-0.15, -0.1) is 0 Å². The molecule has 0 aliphatic rings. The maximum atomic E-state index is 12.3. The van der Waals surface area contributed by atoms with Crippen LogP contribution in [0.2, 0.25) is 0 Å². The Morgan fingerprint density at radius 2 is 1.50 bits per heavy atom. The van der Waals surface area contributed by atoms with E-state index < -0.39 is 0 Å². The van der Waals surface area contributed by atoms with Gasteiger partial charge in [0, 0.05) is 33.0 Å². The lowest BCUT2D eigenvalue weighted by atomic mass is 9.93. The molecular formula is C29H21NO4. The minimum Gasteiger partial charge on any atom is -0.497 e. The van der Waals surface area contributed by atoms with Crippen molar-refractivity contribution >= 4 is 38.9 Å². The van der Waals surface area contributed by atoms with Crippen LogP contribution in [0.15, 0.2) is 83.3 Å². The minimum absolute atomic E-state index is 0.489. The van der Waals surface area contributed by atoms with E-state index in [9.17, 15) is 4.79 Å². The van der Waals surface area contributed by atoms with Crippen molar-refractivity contribution in [3.63, 3.8) is 0 Å². The van der Waals surface area contributed by atoms with E-state index in [0.717, 1.165) is 61.4 Å². The molecule has 166 valence electrons. The van der Waals surface area contributed by atoms with Crippen molar-refractivity contribution in [2.75, 3.05) is 14.2 Å². The van der Waals surface area contributed by atoms with Crippen LogP contribution in [0.4, 0.5) is 0 Å². The van der Waals surface area contributed by atoms with Crippen molar-refractivity contribution in [1.82, 2.24) is 4.98 Å². The maximum absolute atomic E-state index is 12.3. The number of benzene rings is 4. The second kappa shape index (κ2) is 7.81. The van der Waals surface area contributed by atoms with Crippen molar-refractivity contribution in [2.24, 2.45) is 0 Å². The average Bonchev–Trinajstić information content (AvgIpc) is 3.46. The molecule has 0 saturated carbocycles. The third kappa shape index (κ3) is 2.98. The van der Waals surface area contributed by atoms with Gasteiger partial charge in [0.25, 0.3) is 0 Å². The van der Waals surface area contributed by atoms with Gasteiger partial charge >= 0.3 is 0 Å². The first kappa shape index (κ1) is 20.1. The number of aromatic amines is 1. The van der Waals surface area contributed by atoms with Gasteiger partial charge < -0.3 is 18.9 Å². The number of aldehydes is 1. The molecule has 0 saturated heterocycles. The number of hydrogen-bond acceptors (Lipinski definition) is 4. The molecular weight excluding hydrogens is 426 g/mol. The summed E-state index contributed by atoms with van der Waals surface area (Å²) < 4.78 is 17.5. The number of carbonyl (C=O) groups is 1. The Hall–Kier alpha value is -4.51. The molecule has 0 spiro atoms. The lowest BCUT2D eigenvalue weighted by molar-refractivity contribution is 0.112. The number of rotatable bonds is 5. The summed E-state index contributed by atoms with van der Waals surface area (Å²) in [6, 6.07) is 25.7. The van der Waals surface area contributed by atoms with Gasteiger partial charge in [0.1, 0.15) is 22.8 Å². The third-order valence-corrected chi connectivity index (χ3v) is 6.32. The smallest absolute Gasteiger partial charge is 0.166 e. The lowest BCUT2D eigenvalue weighted by Gasteiger charge is -2.08. The first-order valence-electron chi connectivity index (χ1n) is 11.0. The van der Waals surface area contributed by atoms with E-state index in [0.29, 0.717) is 17.2 Å². The molecule has 0 radical (unpaired) electrons. The molecule has 0 bridgehead atoms. The maximum Gasteiger partial charge on any atom is 0.166 e. The molecule has 0 aliphatic carbocycles.